The molecule has 2 N–H and O–H groups in total. The maximum atomic E-state index is 11.7. The van der Waals surface area contributed by atoms with E-state index in [1.54, 1.807) is 0 Å². The van der Waals surface area contributed by atoms with Crippen LogP contribution in [0.5, 0.6) is 0 Å². The van der Waals surface area contributed by atoms with Crippen LogP contribution in [0.25, 0.3) is 0 Å². The topological polar surface area (TPSA) is 41.1 Å². The van der Waals surface area contributed by atoms with Crippen LogP contribution >= 0.6 is 0 Å². The Hall–Kier alpha value is -0.830. The van der Waals surface area contributed by atoms with Gasteiger partial charge in [0.25, 0.3) is 0 Å². The Morgan fingerprint density at radius 1 is 1.38 bits per heavy atom. The highest BCUT2D eigenvalue weighted by Crippen LogP contribution is 2.09. The first-order chi connectivity index (χ1) is 7.61. The van der Waals surface area contributed by atoms with Crippen LogP contribution in [-0.2, 0) is 4.79 Å². The molecule has 0 radical (unpaired) electrons. The van der Waals surface area contributed by atoms with Crippen LogP contribution in [0.4, 0.5) is 0 Å². The molecule has 0 saturated carbocycles. The van der Waals surface area contributed by atoms with E-state index in [0.29, 0.717) is 0 Å². The summed E-state index contributed by atoms with van der Waals surface area (Å²) in [5.74, 6) is 0.877. The Morgan fingerprint density at radius 3 is 2.56 bits per heavy atom. The molecule has 0 unspecified atom stereocenters. The fourth-order valence-corrected chi connectivity index (χ4v) is 1.69. The number of nitrogens with one attached hydrogen (secondary N) is 2. The molecular formula is C13H24N2O. The zero-order valence-corrected chi connectivity index (χ0v) is 10.7. The molecule has 1 aliphatic heterocycles. The first-order valence-electron chi connectivity index (χ1n) is 6.28. The lowest BCUT2D eigenvalue weighted by Crippen LogP contribution is -2.37. The number of unbranched alkanes of at least 4 members (excludes halogenated alkanes) is 1. The van der Waals surface area contributed by atoms with Gasteiger partial charge in [-0.05, 0) is 24.8 Å². The lowest BCUT2D eigenvalue weighted by molar-refractivity contribution is -0.117. The maximum Gasteiger partial charge on any atom is 0.246 e. The molecule has 0 aliphatic carbocycles. The van der Waals surface area contributed by atoms with Gasteiger partial charge in [0.15, 0.2) is 0 Å². The Morgan fingerprint density at radius 2 is 2.06 bits per heavy atom. The van der Waals surface area contributed by atoms with Gasteiger partial charge >= 0.3 is 0 Å². The number of hydrogen-bond donors (Lipinski definition) is 2. The van der Waals surface area contributed by atoms with E-state index in [2.05, 4.69) is 24.5 Å². The molecule has 1 heterocycles. The smallest absolute Gasteiger partial charge is 0.246 e. The average Bonchev–Trinajstić information content (AvgIpc) is 2.13. The average molecular weight is 224 g/mol. The maximum absolute atomic E-state index is 11.7. The first-order valence-corrected chi connectivity index (χ1v) is 6.28. The minimum absolute atomic E-state index is 0.112. The van der Waals surface area contributed by atoms with E-state index in [4.69, 9.17) is 0 Å². The Balaban J connectivity index is 2.11. The molecule has 0 aromatic heterocycles. The van der Waals surface area contributed by atoms with Gasteiger partial charge in [-0.25, -0.2) is 0 Å². The van der Waals surface area contributed by atoms with Crippen molar-refractivity contribution in [2.45, 2.75) is 40.0 Å². The summed E-state index contributed by atoms with van der Waals surface area (Å²) in [6.07, 6.45) is 3.54. The van der Waals surface area contributed by atoms with Crippen molar-refractivity contribution in [1.82, 2.24) is 10.6 Å². The van der Waals surface area contributed by atoms with E-state index < -0.39 is 0 Å². The number of carbonyl (C=O) groups is 1. The van der Waals surface area contributed by atoms with Gasteiger partial charge in [-0.15, -0.1) is 0 Å². The molecule has 16 heavy (non-hydrogen) atoms. The number of hydrogen-bond acceptors (Lipinski definition) is 2. The van der Waals surface area contributed by atoms with Gasteiger partial charge in [0.2, 0.25) is 5.91 Å². The highest BCUT2D eigenvalue weighted by atomic mass is 16.1. The summed E-state index contributed by atoms with van der Waals surface area (Å²) in [6, 6.07) is 0. The fraction of sp³-hybridized carbons (Fsp3) is 0.769. The molecule has 0 aromatic carbocycles. The molecule has 3 nitrogen and oxygen atoms in total. The van der Waals surface area contributed by atoms with Gasteiger partial charge in [0.05, 0.1) is 0 Å². The second-order valence-corrected chi connectivity index (χ2v) is 4.98. The third-order valence-corrected chi connectivity index (χ3v) is 3.04. The Labute approximate surface area is 98.7 Å². The largest absolute Gasteiger partial charge is 0.352 e. The van der Waals surface area contributed by atoms with Crippen molar-refractivity contribution in [2.24, 2.45) is 5.92 Å². The van der Waals surface area contributed by atoms with E-state index >= 15 is 0 Å². The van der Waals surface area contributed by atoms with Crippen LogP contribution < -0.4 is 10.6 Å². The van der Waals surface area contributed by atoms with Crippen LogP contribution in [0.3, 0.4) is 0 Å². The van der Waals surface area contributed by atoms with Crippen molar-refractivity contribution in [3.63, 3.8) is 0 Å². The van der Waals surface area contributed by atoms with Crippen molar-refractivity contribution in [1.29, 1.82) is 0 Å². The lowest BCUT2D eigenvalue weighted by atomic mass is 10.0. The number of amides is 1. The van der Waals surface area contributed by atoms with Crippen molar-refractivity contribution in [3.05, 3.63) is 11.1 Å². The van der Waals surface area contributed by atoms with E-state index in [1.807, 2.05) is 6.92 Å². The summed E-state index contributed by atoms with van der Waals surface area (Å²) in [4.78, 5) is 11.7. The molecule has 1 amide bonds. The minimum Gasteiger partial charge on any atom is -0.352 e. The van der Waals surface area contributed by atoms with Gasteiger partial charge in [0, 0.05) is 25.2 Å². The van der Waals surface area contributed by atoms with Gasteiger partial charge < -0.3 is 10.6 Å². The normalized spacial score (nSPS) is 14.9. The minimum atomic E-state index is 0.112. The molecule has 0 bridgehead atoms. The van der Waals surface area contributed by atoms with E-state index in [-0.39, 0.29) is 5.91 Å². The standard InChI is InChI=1S/C13H24N2O/c1-10(2)6-4-5-7-15-13(16)11(3)12-8-14-9-12/h10,14H,4-9H2,1-3H3,(H,15,16). The van der Waals surface area contributed by atoms with Crippen LogP contribution in [0, 0.1) is 5.92 Å². The zero-order valence-electron chi connectivity index (χ0n) is 10.7. The predicted molar refractivity (Wildman–Crippen MR) is 67.3 cm³/mol. The monoisotopic (exact) mass is 224 g/mol. The van der Waals surface area contributed by atoms with E-state index in [9.17, 15) is 4.79 Å². The lowest BCUT2D eigenvalue weighted by Gasteiger charge is -2.21. The summed E-state index contributed by atoms with van der Waals surface area (Å²) in [5.41, 5.74) is 2.15. The molecule has 1 aliphatic rings. The molecular weight excluding hydrogens is 200 g/mol. The SMILES string of the molecule is CC(C(=O)NCCCCC(C)C)=C1CNC1. The number of rotatable bonds is 6. The summed E-state index contributed by atoms with van der Waals surface area (Å²) < 4.78 is 0. The second kappa shape index (κ2) is 6.69. The van der Waals surface area contributed by atoms with E-state index in [0.717, 1.165) is 37.5 Å². The third kappa shape index (κ3) is 4.35. The molecule has 3 heteroatoms. The highest BCUT2D eigenvalue weighted by molar-refractivity contribution is 5.93. The van der Waals surface area contributed by atoms with Gasteiger partial charge in [-0.2, -0.15) is 0 Å². The number of carbonyl (C=O) groups excluding carboxylic acids is 1. The molecule has 1 fully saturated rings. The van der Waals surface area contributed by atoms with Gasteiger partial charge in [-0.1, -0.05) is 26.7 Å². The summed E-state index contributed by atoms with van der Waals surface area (Å²) in [7, 11) is 0. The van der Waals surface area contributed by atoms with Crippen LogP contribution in [0.1, 0.15) is 40.0 Å². The summed E-state index contributed by atoms with van der Waals surface area (Å²) in [6.45, 7) is 8.95. The predicted octanol–water partition coefficient (Wildman–Crippen LogP) is 1.85. The van der Waals surface area contributed by atoms with Crippen LogP contribution in [0.2, 0.25) is 0 Å². The Kier molecular flexibility index (Phi) is 5.53. The van der Waals surface area contributed by atoms with Crippen LogP contribution in [0.15, 0.2) is 11.1 Å². The van der Waals surface area contributed by atoms with Crippen LogP contribution in [-0.4, -0.2) is 25.5 Å². The fourth-order valence-electron chi connectivity index (χ4n) is 1.69. The zero-order chi connectivity index (χ0) is 12.0. The second-order valence-electron chi connectivity index (χ2n) is 4.98. The molecule has 92 valence electrons. The highest BCUT2D eigenvalue weighted by Gasteiger charge is 2.15. The van der Waals surface area contributed by atoms with Gasteiger partial charge in [-0.3, -0.25) is 4.79 Å². The Bertz CT molecular complexity index is 263. The van der Waals surface area contributed by atoms with E-state index in [1.165, 1.54) is 18.4 Å². The van der Waals surface area contributed by atoms with Crippen molar-refractivity contribution < 1.29 is 4.79 Å². The first kappa shape index (κ1) is 13.2. The molecule has 0 aromatic rings. The summed E-state index contributed by atoms with van der Waals surface area (Å²) in [5, 5.41) is 6.13. The third-order valence-electron chi connectivity index (χ3n) is 3.04. The molecule has 0 atom stereocenters. The summed E-state index contributed by atoms with van der Waals surface area (Å²) >= 11 is 0. The van der Waals surface area contributed by atoms with Crippen molar-refractivity contribution in [3.8, 4) is 0 Å². The van der Waals surface area contributed by atoms with Crippen molar-refractivity contribution >= 4 is 5.91 Å². The molecule has 0 spiro atoms. The molecule has 1 rings (SSSR count). The van der Waals surface area contributed by atoms with Crippen molar-refractivity contribution in [2.75, 3.05) is 19.6 Å². The van der Waals surface area contributed by atoms with Gasteiger partial charge in [0.1, 0.15) is 0 Å². The molecule has 1 saturated heterocycles. The quantitative estimate of drug-likeness (QED) is 0.534.